The number of amides is 1. The maximum atomic E-state index is 12.2. The van der Waals surface area contributed by atoms with Crippen molar-refractivity contribution in [2.24, 2.45) is 0 Å². The molecule has 2 rings (SSSR count). The van der Waals surface area contributed by atoms with E-state index in [1.807, 2.05) is 32.0 Å². The molecular formula is C17H24ClNO2. The van der Waals surface area contributed by atoms with Crippen LogP contribution in [0.3, 0.4) is 0 Å². The van der Waals surface area contributed by atoms with E-state index in [1.54, 1.807) is 0 Å². The van der Waals surface area contributed by atoms with Crippen LogP contribution in [0, 0.1) is 13.8 Å². The maximum absolute atomic E-state index is 12.2. The summed E-state index contributed by atoms with van der Waals surface area (Å²) in [6.07, 6.45) is 6.16. The van der Waals surface area contributed by atoms with Crippen LogP contribution in [0.4, 0.5) is 5.69 Å². The number of hydrogen-bond acceptors (Lipinski definition) is 2. The molecule has 1 N–H and O–H groups in total. The normalized spacial score (nSPS) is 17.5. The molecule has 1 amide bonds. The van der Waals surface area contributed by atoms with E-state index in [-0.39, 0.29) is 18.6 Å². The number of aryl methyl sites for hydroxylation is 2. The Morgan fingerprint density at radius 3 is 2.52 bits per heavy atom. The van der Waals surface area contributed by atoms with Crippen molar-refractivity contribution >= 4 is 23.2 Å². The average Bonchev–Trinajstić information content (AvgIpc) is 2.49. The summed E-state index contributed by atoms with van der Waals surface area (Å²) in [6, 6.07) is 5.93. The summed E-state index contributed by atoms with van der Waals surface area (Å²) >= 11 is 6.17. The number of rotatable bonds is 5. The van der Waals surface area contributed by atoms with Gasteiger partial charge in [0.2, 0.25) is 5.91 Å². The predicted molar refractivity (Wildman–Crippen MR) is 87.0 cm³/mol. The molecule has 21 heavy (non-hydrogen) atoms. The van der Waals surface area contributed by atoms with Crippen LogP contribution in [0.25, 0.3) is 0 Å². The smallest absolute Gasteiger partial charge is 0.244 e. The average molecular weight is 310 g/mol. The largest absolute Gasteiger partial charge is 0.376 e. The molecule has 116 valence electrons. The molecule has 1 aliphatic rings. The van der Waals surface area contributed by atoms with Crippen molar-refractivity contribution in [1.29, 1.82) is 0 Å². The Labute approximate surface area is 132 Å². The zero-order valence-corrected chi connectivity index (χ0v) is 13.6. The van der Waals surface area contributed by atoms with Gasteiger partial charge in [-0.05, 0) is 37.8 Å². The van der Waals surface area contributed by atoms with Crippen molar-refractivity contribution in [2.75, 3.05) is 11.9 Å². The second-order valence-corrected chi connectivity index (χ2v) is 6.34. The fourth-order valence-corrected chi connectivity index (χ4v) is 2.87. The Hall–Kier alpha value is -1.06. The summed E-state index contributed by atoms with van der Waals surface area (Å²) < 4.78 is 5.77. The molecule has 0 aliphatic heterocycles. The Balaban J connectivity index is 1.84. The Morgan fingerprint density at radius 1 is 1.29 bits per heavy atom. The number of benzene rings is 1. The molecule has 1 saturated carbocycles. The van der Waals surface area contributed by atoms with Crippen molar-refractivity contribution in [1.82, 2.24) is 0 Å². The number of hydrogen-bond donors (Lipinski definition) is 1. The fourth-order valence-electron chi connectivity index (χ4n) is 2.74. The van der Waals surface area contributed by atoms with E-state index in [0.29, 0.717) is 0 Å². The summed E-state index contributed by atoms with van der Waals surface area (Å²) in [4.78, 5) is 12.2. The Kier molecular flexibility index (Phi) is 6.07. The summed E-state index contributed by atoms with van der Waals surface area (Å²) in [5, 5.41) is 2.27. The van der Waals surface area contributed by atoms with Gasteiger partial charge in [-0.15, -0.1) is 11.6 Å². The van der Waals surface area contributed by atoms with E-state index < -0.39 is 5.38 Å². The van der Waals surface area contributed by atoms with Crippen LogP contribution < -0.4 is 5.32 Å². The molecule has 1 fully saturated rings. The molecule has 0 spiro atoms. The third-order valence-corrected chi connectivity index (χ3v) is 4.37. The summed E-state index contributed by atoms with van der Waals surface area (Å²) in [5.74, 6) is -0.190. The van der Waals surface area contributed by atoms with Gasteiger partial charge in [0.15, 0.2) is 0 Å². The summed E-state index contributed by atoms with van der Waals surface area (Å²) in [6.45, 7) is 4.23. The van der Waals surface area contributed by atoms with Gasteiger partial charge in [0, 0.05) is 5.69 Å². The third-order valence-electron chi connectivity index (χ3n) is 4.04. The van der Waals surface area contributed by atoms with Gasteiger partial charge in [-0.3, -0.25) is 4.79 Å². The molecule has 1 aliphatic carbocycles. The van der Waals surface area contributed by atoms with E-state index >= 15 is 0 Å². The second kappa shape index (κ2) is 7.81. The molecule has 0 saturated heterocycles. The number of para-hydroxylation sites is 1. The van der Waals surface area contributed by atoms with Crippen molar-refractivity contribution in [2.45, 2.75) is 57.4 Å². The van der Waals surface area contributed by atoms with E-state index in [0.717, 1.165) is 29.7 Å². The summed E-state index contributed by atoms with van der Waals surface area (Å²) in [7, 11) is 0. The van der Waals surface area contributed by atoms with Crippen molar-refractivity contribution in [3.05, 3.63) is 29.3 Å². The van der Waals surface area contributed by atoms with E-state index in [1.165, 1.54) is 19.3 Å². The highest BCUT2D eigenvalue weighted by atomic mass is 35.5. The highest BCUT2D eigenvalue weighted by molar-refractivity contribution is 6.32. The third kappa shape index (κ3) is 4.72. The zero-order chi connectivity index (χ0) is 15.2. The first kappa shape index (κ1) is 16.3. The summed E-state index contributed by atoms with van der Waals surface area (Å²) in [5.41, 5.74) is 2.94. The van der Waals surface area contributed by atoms with Crippen LogP contribution >= 0.6 is 11.6 Å². The van der Waals surface area contributed by atoms with Gasteiger partial charge in [0.25, 0.3) is 0 Å². The fraction of sp³-hybridized carbons (Fsp3) is 0.588. The quantitative estimate of drug-likeness (QED) is 0.828. The van der Waals surface area contributed by atoms with E-state index in [4.69, 9.17) is 16.3 Å². The monoisotopic (exact) mass is 309 g/mol. The maximum Gasteiger partial charge on any atom is 0.244 e. The predicted octanol–water partition coefficient (Wildman–Crippen LogP) is 4.20. The van der Waals surface area contributed by atoms with Crippen LogP contribution in [-0.4, -0.2) is 24.0 Å². The molecule has 4 heteroatoms. The first-order valence-electron chi connectivity index (χ1n) is 7.70. The number of halogens is 1. The van der Waals surface area contributed by atoms with Crippen LogP contribution in [0.5, 0.6) is 0 Å². The van der Waals surface area contributed by atoms with Crippen LogP contribution in [0.1, 0.15) is 43.2 Å². The highest BCUT2D eigenvalue weighted by Crippen LogP contribution is 2.22. The van der Waals surface area contributed by atoms with Crippen molar-refractivity contribution in [3.63, 3.8) is 0 Å². The number of anilines is 1. The SMILES string of the molecule is Cc1cccc(C)c1NC(=O)C(Cl)COC1CCCCC1. The molecule has 1 aromatic rings. The number of nitrogens with one attached hydrogen (secondary N) is 1. The minimum atomic E-state index is -0.647. The minimum Gasteiger partial charge on any atom is -0.376 e. The van der Waals surface area contributed by atoms with Gasteiger partial charge in [-0.25, -0.2) is 0 Å². The number of alkyl halides is 1. The number of ether oxygens (including phenoxy) is 1. The lowest BCUT2D eigenvalue weighted by Crippen LogP contribution is -2.30. The molecule has 1 aromatic carbocycles. The molecular weight excluding hydrogens is 286 g/mol. The van der Waals surface area contributed by atoms with Crippen LogP contribution in [0.15, 0.2) is 18.2 Å². The van der Waals surface area contributed by atoms with Crippen LogP contribution in [0.2, 0.25) is 0 Å². The van der Waals surface area contributed by atoms with Gasteiger partial charge in [-0.1, -0.05) is 37.5 Å². The lowest BCUT2D eigenvalue weighted by atomic mass is 9.98. The number of carbonyl (C=O) groups is 1. The second-order valence-electron chi connectivity index (χ2n) is 5.82. The molecule has 0 bridgehead atoms. The molecule has 1 unspecified atom stereocenters. The van der Waals surface area contributed by atoms with Gasteiger partial charge >= 0.3 is 0 Å². The zero-order valence-electron chi connectivity index (χ0n) is 12.8. The molecule has 1 atom stereocenters. The van der Waals surface area contributed by atoms with Crippen LogP contribution in [-0.2, 0) is 9.53 Å². The molecule has 3 nitrogen and oxygen atoms in total. The number of carbonyl (C=O) groups excluding carboxylic acids is 1. The minimum absolute atomic E-state index is 0.190. The first-order valence-corrected chi connectivity index (χ1v) is 8.14. The van der Waals surface area contributed by atoms with Gasteiger partial charge in [0.05, 0.1) is 12.7 Å². The van der Waals surface area contributed by atoms with E-state index in [9.17, 15) is 4.79 Å². The van der Waals surface area contributed by atoms with Gasteiger partial charge < -0.3 is 10.1 Å². The van der Waals surface area contributed by atoms with Gasteiger partial charge in [-0.2, -0.15) is 0 Å². The lowest BCUT2D eigenvalue weighted by molar-refractivity contribution is -0.117. The topological polar surface area (TPSA) is 38.3 Å². The Bertz CT molecular complexity index is 463. The molecule has 0 aromatic heterocycles. The standard InChI is InChI=1S/C17H24ClNO2/c1-12-7-6-8-13(2)16(12)19-17(20)15(18)11-21-14-9-4-3-5-10-14/h6-8,14-15H,3-5,9-11H2,1-2H3,(H,19,20). The van der Waals surface area contributed by atoms with Gasteiger partial charge in [0.1, 0.15) is 5.38 Å². The van der Waals surface area contributed by atoms with E-state index in [2.05, 4.69) is 5.32 Å². The highest BCUT2D eigenvalue weighted by Gasteiger charge is 2.20. The first-order chi connectivity index (χ1) is 10.1. The molecule has 0 radical (unpaired) electrons. The van der Waals surface area contributed by atoms with Crippen molar-refractivity contribution < 1.29 is 9.53 Å². The van der Waals surface area contributed by atoms with Crippen molar-refractivity contribution in [3.8, 4) is 0 Å². The lowest BCUT2D eigenvalue weighted by Gasteiger charge is -2.23. The Morgan fingerprint density at radius 2 is 1.90 bits per heavy atom. The molecule has 0 heterocycles.